The molecule has 0 spiro atoms. The van der Waals surface area contributed by atoms with Gasteiger partial charge in [-0.2, -0.15) is 0 Å². The minimum atomic E-state index is -0.502. The van der Waals surface area contributed by atoms with Crippen molar-refractivity contribution in [3.63, 3.8) is 0 Å². The molecule has 0 saturated heterocycles. The fourth-order valence-corrected chi connectivity index (χ4v) is 1.66. The monoisotopic (exact) mass is 252 g/mol. The smallest absolute Gasteiger partial charge is 0.237 e. The molecular weight excluding hydrogens is 231 g/mol. The molecule has 0 bridgehead atoms. The van der Waals surface area contributed by atoms with Crippen molar-refractivity contribution in [1.82, 2.24) is 5.32 Å². The zero-order chi connectivity index (χ0) is 13.7. The van der Waals surface area contributed by atoms with Gasteiger partial charge in [-0.3, -0.25) is 4.79 Å². The van der Waals surface area contributed by atoms with E-state index in [1.807, 2.05) is 20.8 Å². The Balaban J connectivity index is 2.61. The third-order valence-electron chi connectivity index (χ3n) is 3.29. The molecule has 0 radical (unpaired) electrons. The summed E-state index contributed by atoms with van der Waals surface area (Å²) in [4.78, 5) is 11.9. The molecule has 0 saturated carbocycles. The fraction of sp³-hybridized carbons (Fsp3) is 0.500. The summed E-state index contributed by atoms with van der Waals surface area (Å²) in [5.74, 6) is -0.305. The first-order chi connectivity index (χ1) is 8.45. The van der Waals surface area contributed by atoms with Gasteiger partial charge in [0.25, 0.3) is 0 Å². The molecule has 3 nitrogen and oxygen atoms in total. The SMILES string of the molecule is CCC(C)C(N)C(=O)NC(C)c1ccc(F)cc1. The van der Waals surface area contributed by atoms with Crippen LogP contribution in [0.15, 0.2) is 24.3 Å². The lowest BCUT2D eigenvalue weighted by Crippen LogP contribution is -2.45. The second kappa shape index (κ2) is 6.50. The Kier molecular flexibility index (Phi) is 5.28. The Labute approximate surface area is 108 Å². The van der Waals surface area contributed by atoms with Crippen molar-refractivity contribution >= 4 is 5.91 Å². The average molecular weight is 252 g/mol. The Hall–Kier alpha value is -1.42. The summed E-state index contributed by atoms with van der Waals surface area (Å²) in [6.07, 6.45) is 0.861. The Morgan fingerprint density at radius 2 is 1.89 bits per heavy atom. The molecule has 1 aromatic carbocycles. The predicted octanol–water partition coefficient (Wildman–Crippen LogP) is 2.38. The van der Waals surface area contributed by atoms with Crippen LogP contribution >= 0.6 is 0 Å². The van der Waals surface area contributed by atoms with Crippen molar-refractivity contribution in [1.29, 1.82) is 0 Å². The van der Waals surface area contributed by atoms with Gasteiger partial charge < -0.3 is 11.1 Å². The van der Waals surface area contributed by atoms with Crippen LogP contribution < -0.4 is 11.1 Å². The van der Waals surface area contributed by atoms with Gasteiger partial charge >= 0.3 is 0 Å². The van der Waals surface area contributed by atoms with Crippen LogP contribution in [0.1, 0.15) is 38.8 Å². The summed E-state index contributed by atoms with van der Waals surface area (Å²) >= 11 is 0. The zero-order valence-corrected chi connectivity index (χ0v) is 11.1. The van der Waals surface area contributed by atoms with Gasteiger partial charge in [-0.25, -0.2) is 4.39 Å². The number of nitrogens with two attached hydrogens (primary N) is 1. The number of hydrogen-bond acceptors (Lipinski definition) is 2. The highest BCUT2D eigenvalue weighted by atomic mass is 19.1. The molecule has 1 rings (SSSR count). The van der Waals surface area contributed by atoms with Crippen molar-refractivity contribution in [2.24, 2.45) is 11.7 Å². The fourth-order valence-electron chi connectivity index (χ4n) is 1.66. The lowest BCUT2D eigenvalue weighted by molar-refractivity contribution is -0.124. The van der Waals surface area contributed by atoms with Crippen LogP contribution in [-0.4, -0.2) is 11.9 Å². The number of hydrogen-bond donors (Lipinski definition) is 2. The molecule has 18 heavy (non-hydrogen) atoms. The number of amides is 1. The van der Waals surface area contributed by atoms with Crippen LogP contribution in [0.4, 0.5) is 4.39 Å². The van der Waals surface area contributed by atoms with Crippen LogP contribution in [-0.2, 0) is 4.79 Å². The molecule has 0 aromatic heterocycles. The van der Waals surface area contributed by atoms with Crippen LogP contribution in [0, 0.1) is 11.7 Å². The number of halogens is 1. The predicted molar refractivity (Wildman–Crippen MR) is 70.4 cm³/mol. The standard InChI is InChI=1S/C14H21FN2O/c1-4-9(2)13(16)14(18)17-10(3)11-5-7-12(15)8-6-11/h5-10,13H,4,16H2,1-3H3,(H,17,18). The lowest BCUT2D eigenvalue weighted by atomic mass is 9.98. The Morgan fingerprint density at radius 1 is 1.33 bits per heavy atom. The molecule has 3 unspecified atom stereocenters. The summed E-state index contributed by atoms with van der Waals surface area (Å²) in [6, 6.07) is 5.41. The minimum Gasteiger partial charge on any atom is -0.348 e. The first-order valence-corrected chi connectivity index (χ1v) is 6.27. The van der Waals surface area contributed by atoms with E-state index in [0.717, 1.165) is 12.0 Å². The van der Waals surface area contributed by atoms with Crippen LogP contribution in [0.5, 0.6) is 0 Å². The van der Waals surface area contributed by atoms with Crippen molar-refractivity contribution in [2.75, 3.05) is 0 Å². The summed E-state index contributed by atoms with van der Waals surface area (Å²) in [7, 11) is 0. The summed E-state index contributed by atoms with van der Waals surface area (Å²) in [5, 5.41) is 2.84. The molecule has 0 aliphatic heterocycles. The number of carbonyl (C=O) groups is 1. The molecule has 1 amide bonds. The quantitative estimate of drug-likeness (QED) is 0.845. The third kappa shape index (κ3) is 3.81. The largest absolute Gasteiger partial charge is 0.348 e. The maximum atomic E-state index is 12.8. The zero-order valence-electron chi connectivity index (χ0n) is 11.1. The average Bonchev–Trinajstić information content (AvgIpc) is 2.37. The highest BCUT2D eigenvalue weighted by molar-refractivity contribution is 5.82. The maximum Gasteiger partial charge on any atom is 0.237 e. The van der Waals surface area contributed by atoms with E-state index < -0.39 is 6.04 Å². The van der Waals surface area contributed by atoms with E-state index in [2.05, 4.69) is 5.32 Å². The van der Waals surface area contributed by atoms with E-state index in [0.29, 0.717) is 0 Å². The second-order valence-electron chi connectivity index (χ2n) is 4.69. The number of benzene rings is 1. The molecule has 0 aliphatic rings. The highest BCUT2D eigenvalue weighted by Gasteiger charge is 2.21. The van der Waals surface area contributed by atoms with E-state index in [1.165, 1.54) is 12.1 Å². The van der Waals surface area contributed by atoms with Crippen LogP contribution in [0.3, 0.4) is 0 Å². The molecule has 0 fully saturated rings. The van der Waals surface area contributed by atoms with Gasteiger partial charge in [0.15, 0.2) is 0 Å². The van der Waals surface area contributed by atoms with Gasteiger partial charge in [0.2, 0.25) is 5.91 Å². The maximum absolute atomic E-state index is 12.8. The first-order valence-electron chi connectivity index (χ1n) is 6.27. The third-order valence-corrected chi connectivity index (χ3v) is 3.29. The first kappa shape index (κ1) is 14.6. The van der Waals surface area contributed by atoms with E-state index in [9.17, 15) is 9.18 Å². The Bertz CT molecular complexity index is 391. The number of nitrogens with one attached hydrogen (secondary N) is 1. The van der Waals surface area contributed by atoms with Gasteiger partial charge in [0, 0.05) is 0 Å². The molecule has 3 N–H and O–H groups in total. The molecule has 100 valence electrons. The van der Waals surface area contributed by atoms with E-state index in [4.69, 9.17) is 5.73 Å². The number of carbonyl (C=O) groups excluding carboxylic acids is 1. The molecule has 4 heteroatoms. The highest BCUT2D eigenvalue weighted by Crippen LogP contribution is 2.14. The van der Waals surface area contributed by atoms with Gasteiger partial charge in [-0.05, 0) is 30.5 Å². The molecule has 1 aromatic rings. The van der Waals surface area contributed by atoms with Crippen LogP contribution in [0.2, 0.25) is 0 Å². The normalized spacial score (nSPS) is 15.8. The van der Waals surface area contributed by atoms with E-state index >= 15 is 0 Å². The van der Waals surface area contributed by atoms with Gasteiger partial charge in [-0.15, -0.1) is 0 Å². The van der Waals surface area contributed by atoms with Gasteiger partial charge in [0.1, 0.15) is 5.82 Å². The van der Waals surface area contributed by atoms with Gasteiger partial charge in [-0.1, -0.05) is 32.4 Å². The summed E-state index contributed by atoms with van der Waals surface area (Å²) in [5.41, 5.74) is 6.71. The van der Waals surface area contributed by atoms with E-state index in [1.54, 1.807) is 12.1 Å². The summed E-state index contributed by atoms with van der Waals surface area (Å²) < 4.78 is 12.8. The van der Waals surface area contributed by atoms with Crippen LogP contribution in [0.25, 0.3) is 0 Å². The molecule has 0 aliphatic carbocycles. The second-order valence-corrected chi connectivity index (χ2v) is 4.69. The van der Waals surface area contributed by atoms with Crippen molar-refractivity contribution < 1.29 is 9.18 Å². The molecular formula is C14H21FN2O. The molecule has 3 atom stereocenters. The topological polar surface area (TPSA) is 55.1 Å². The summed E-state index contributed by atoms with van der Waals surface area (Å²) in [6.45, 7) is 5.81. The van der Waals surface area contributed by atoms with Crippen molar-refractivity contribution in [3.8, 4) is 0 Å². The van der Waals surface area contributed by atoms with Crippen molar-refractivity contribution in [3.05, 3.63) is 35.6 Å². The molecule has 0 heterocycles. The number of rotatable bonds is 5. The Morgan fingerprint density at radius 3 is 2.39 bits per heavy atom. The van der Waals surface area contributed by atoms with Crippen molar-refractivity contribution in [2.45, 2.75) is 39.3 Å². The minimum absolute atomic E-state index is 0.144. The van der Waals surface area contributed by atoms with Gasteiger partial charge in [0.05, 0.1) is 12.1 Å². The lowest BCUT2D eigenvalue weighted by Gasteiger charge is -2.21. The van der Waals surface area contributed by atoms with E-state index in [-0.39, 0.29) is 23.7 Å².